The monoisotopic (exact) mass is 99.1 g/mol. The van der Waals surface area contributed by atoms with Crippen molar-refractivity contribution in [2.24, 2.45) is 0 Å². The van der Waals surface area contributed by atoms with Crippen molar-refractivity contribution >= 4 is 0 Å². The van der Waals surface area contributed by atoms with Gasteiger partial charge in [-0.2, -0.15) is 0 Å². The number of hydrogen-bond acceptors (Lipinski definition) is 1. The molecule has 0 saturated carbocycles. The van der Waals surface area contributed by atoms with E-state index < -0.39 is 0 Å². The minimum absolute atomic E-state index is 1.34. The van der Waals surface area contributed by atoms with Crippen LogP contribution in [-0.2, 0) is 0 Å². The molecule has 0 atom stereocenters. The van der Waals surface area contributed by atoms with Gasteiger partial charge in [0.05, 0.1) is 0 Å². The normalized spacial score (nSPS) is 6.29. The lowest BCUT2D eigenvalue weighted by molar-refractivity contribution is 0.772. The highest BCUT2D eigenvalue weighted by Gasteiger charge is 1.68. The summed E-state index contributed by atoms with van der Waals surface area (Å²) in [4.78, 5) is 0. The van der Waals surface area contributed by atoms with Gasteiger partial charge in [0.25, 0.3) is 0 Å². The van der Waals surface area contributed by atoms with Crippen LogP contribution < -0.4 is 0 Å². The molecule has 7 heavy (non-hydrogen) atoms. The average Bonchev–Trinajstić information content (AvgIpc) is 1.75. The van der Waals surface area contributed by atoms with E-state index in [1.165, 1.54) is 19.3 Å². The van der Waals surface area contributed by atoms with Crippen LogP contribution in [-0.4, -0.2) is 0 Å². The lowest BCUT2D eigenvalue weighted by atomic mass is 10.3. The third kappa shape index (κ3) is 30.1. The third-order valence-electron chi connectivity index (χ3n) is 0.707. The second kappa shape index (κ2) is 17.9. The smallest absolute Gasteiger partial charge is 0.0462 e. The van der Waals surface area contributed by atoms with E-state index in [9.17, 15) is 0 Å². The summed E-state index contributed by atoms with van der Waals surface area (Å²) in [5, 5.41) is 6.50. The van der Waals surface area contributed by atoms with Crippen LogP contribution in [0.2, 0.25) is 0 Å². The number of rotatable bonds is 2. The van der Waals surface area contributed by atoms with E-state index >= 15 is 0 Å². The Morgan fingerprint density at radius 3 is 1.43 bits per heavy atom. The van der Waals surface area contributed by atoms with Crippen LogP contribution in [0.25, 0.3) is 0 Å². The first-order valence-electron chi connectivity index (χ1n) is 2.67. The molecule has 1 nitrogen and oxygen atoms in total. The first kappa shape index (κ1) is 9.70. The molecule has 0 unspecified atom stereocenters. The minimum atomic E-state index is 1.34. The molecule has 42 valence electrons. The minimum Gasteiger partial charge on any atom is -0.202 e. The second-order valence-corrected chi connectivity index (χ2v) is 1.35. The first-order chi connectivity index (χ1) is 3.41. The fraction of sp³-hybridized carbons (Fsp3) is 0.833. The summed E-state index contributed by atoms with van der Waals surface area (Å²) in [5.41, 5.74) is 0. The van der Waals surface area contributed by atoms with Crippen molar-refractivity contribution in [2.45, 2.75) is 33.1 Å². The zero-order chi connectivity index (χ0) is 6.12. The Labute approximate surface area is 46.0 Å². The molecule has 0 heterocycles. The average molecular weight is 99.2 g/mol. The summed E-state index contributed by atoms with van der Waals surface area (Å²) >= 11 is 0. The summed E-state index contributed by atoms with van der Waals surface area (Å²) in [5.74, 6) is 0. The van der Waals surface area contributed by atoms with Gasteiger partial charge in [0.1, 0.15) is 0 Å². The lowest BCUT2D eigenvalue weighted by Gasteiger charge is -1.79. The topological polar surface area (TPSA) is 23.8 Å². The molecule has 0 aliphatic carbocycles. The van der Waals surface area contributed by atoms with Gasteiger partial charge >= 0.3 is 0 Å². The molecule has 0 rings (SSSR count). The van der Waals surface area contributed by atoms with E-state index in [1.807, 2.05) is 0 Å². The van der Waals surface area contributed by atoms with Gasteiger partial charge in [-0.1, -0.05) is 33.1 Å². The number of nitrogens with zero attached hydrogens (tertiary/aromatic N) is 1. The van der Waals surface area contributed by atoms with Crippen LogP contribution in [0.15, 0.2) is 0 Å². The van der Waals surface area contributed by atoms with Crippen molar-refractivity contribution in [3.63, 3.8) is 0 Å². The Hall–Kier alpha value is -0.510. The largest absolute Gasteiger partial charge is 0.202 e. The second-order valence-electron chi connectivity index (χ2n) is 1.35. The third-order valence-corrected chi connectivity index (χ3v) is 0.707. The predicted molar refractivity (Wildman–Crippen MR) is 31.9 cm³/mol. The van der Waals surface area contributed by atoms with Crippen molar-refractivity contribution in [1.29, 1.82) is 5.26 Å². The molecule has 0 aromatic rings. The van der Waals surface area contributed by atoms with Crippen LogP contribution in [0, 0.1) is 11.8 Å². The van der Waals surface area contributed by atoms with Crippen LogP contribution in [0.3, 0.4) is 0 Å². The molecule has 0 fully saturated rings. The van der Waals surface area contributed by atoms with Crippen molar-refractivity contribution in [1.82, 2.24) is 0 Å². The number of unbranched alkanes of at least 4 members (excludes halogenated alkanes) is 2. The van der Waals surface area contributed by atoms with E-state index in [4.69, 9.17) is 5.26 Å². The van der Waals surface area contributed by atoms with E-state index in [1.54, 1.807) is 0 Å². The van der Waals surface area contributed by atoms with Crippen LogP contribution in [0.5, 0.6) is 0 Å². The predicted octanol–water partition coefficient (Wildman–Crippen LogP) is 2.34. The Balaban J connectivity index is 0. The fourth-order valence-electron chi connectivity index (χ4n) is 0.354. The Morgan fingerprint density at radius 1 is 1.14 bits per heavy atom. The molecule has 0 spiro atoms. The maximum Gasteiger partial charge on any atom is 0.0462 e. The van der Waals surface area contributed by atoms with E-state index in [-0.39, 0.29) is 0 Å². The Bertz CT molecular complexity index is 28.4. The van der Waals surface area contributed by atoms with E-state index in [2.05, 4.69) is 20.4 Å². The summed E-state index contributed by atoms with van der Waals surface area (Å²) in [6.45, 7) is 7.92. The quantitative estimate of drug-likeness (QED) is 0.521. The van der Waals surface area contributed by atoms with Crippen molar-refractivity contribution in [3.8, 4) is 6.57 Å². The van der Waals surface area contributed by atoms with Gasteiger partial charge < -0.3 is 0 Å². The molecule has 0 aliphatic rings. The molecule has 0 aromatic carbocycles. The zero-order valence-corrected chi connectivity index (χ0v) is 5.15. The highest BCUT2D eigenvalue weighted by atomic mass is 14.2. The van der Waals surface area contributed by atoms with Gasteiger partial charge in [-0.15, -0.1) is 0 Å². The SMILES string of the molecule is C#N.CCCCC. The first-order valence-corrected chi connectivity index (χ1v) is 2.67. The van der Waals surface area contributed by atoms with Gasteiger partial charge in [0.2, 0.25) is 0 Å². The maximum atomic E-state index is 6.50. The van der Waals surface area contributed by atoms with Gasteiger partial charge in [-0.05, 0) is 0 Å². The molecule has 0 aliphatic heterocycles. The zero-order valence-electron chi connectivity index (χ0n) is 5.15. The molecule has 0 saturated heterocycles. The maximum absolute atomic E-state index is 6.50. The van der Waals surface area contributed by atoms with Crippen LogP contribution in [0.4, 0.5) is 0 Å². The number of hydrogen-bond donors (Lipinski definition) is 0. The highest BCUT2D eigenvalue weighted by Crippen LogP contribution is 1.88. The Morgan fingerprint density at radius 2 is 1.43 bits per heavy atom. The van der Waals surface area contributed by atoms with Crippen molar-refractivity contribution in [3.05, 3.63) is 0 Å². The van der Waals surface area contributed by atoms with Gasteiger partial charge in [0.15, 0.2) is 0 Å². The molecule has 0 amide bonds. The number of nitriles is 1. The molecule has 0 bridgehead atoms. The van der Waals surface area contributed by atoms with Gasteiger partial charge in [0, 0.05) is 6.57 Å². The van der Waals surface area contributed by atoms with Crippen molar-refractivity contribution < 1.29 is 0 Å². The molecule has 1 heteroatoms. The fourth-order valence-corrected chi connectivity index (χ4v) is 0.354. The molecular weight excluding hydrogens is 86.1 g/mol. The lowest BCUT2D eigenvalue weighted by Crippen LogP contribution is -1.59. The van der Waals surface area contributed by atoms with Crippen molar-refractivity contribution in [2.75, 3.05) is 0 Å². The summed E-state index contributed by atoms with van der Waals surface area (Å²) in [6, 6.07) is 0. The van der Waals surface area contributed by atoms with Crippen LogP contribution in [0.1, 0.15) is 33.1 Å². The van der Waals surface area contributed by atoms with Gasteiger partial charge in [-0.25, -0.2) is 5.26 Å². The summed E-state index contributed by atoms with van der Waals surface area (Å²) in [7, 11) is 0. The van der Waals surface area contributed by atoms with Gasteiger partial charge in [-0.3, -0.25) is 0 Å². The van der Waals surface area contributed by atoms with E-state index in [0.717, 1.165) is 0 Å². The molecule has 0 aromatic heterocycles. The van der Waals surface area contributed by atoms with E-state index in [0.29, 0.717) is 0 Å². The highest BCUT2D eigenvalue weighted by molar-refractivity contribution is 4.24. The van der Waals surface area contributed by atoms with Crippen LogP contribution >= 0.6 is 0 Å². The Kier molecular flexibility index (Phi) is 24.7. The molecular formula is C6H13N. The molecule has 0 radical (unpaired) electrons. The summed E-state index contributed by atoms with van der Waals surface area (Å²) in [6.07, 6.45) is 4.08. The molecule has 0 N–H and O–H groups in total. The summed E-state index contributed by atoms with van der Waals surface area (Å²) < 4.78 is 0. The standard InChI is InChI=1S/C5H12.CHN/c1-3-5-4-2;1-2/h3-5H2,1-2H3;1H.